The van der Waals surface area contributed by atoms with Crippen LogP contribution in [-0.2, 0) is 4.79 Å². The summed E-state index contributed by atoms with van der Waals surface area (Å²) in [6, 6.07) is 0. The molecular weight excluding hydrogens is 182 g/mol. The lowest BCUT2D eigenvalue weighted by molar-refractivity contribution is -0.118. The Bertz CT molecular complexity index is 139. The van der Waals surface area contributed by atoms with E-state index in [2.05, 4.69) is 31.8 Å². The molecule has 1 N–H and O–H groups in total. The lowest BCUT2D eigenvalue weighted by Crippen LogP contribution is -2.29. The van der Waals surface area contributed by atoms with Gasteiger partial charge in [-0.1, -0.05) is 33.1 Å². The number of amides is 1. The summed E-state index contributed by atoms with van der Waals surface area (Å²) in [5.41, 5.74) is 0. The van der Waals surface area contributed by atoms with Crippen LogP contribution in [0.25, 0.3) is 0 Å². The lowest BCUT2D eigenvalue weighted by atomic mass is 9.99. The minimum Gasteiger partial charge on any atom is -0.355 e. The van der Waals surface area contributed by atoms with Gasteiger partial charge in [-0.2, -0.15) is 12.6 Å². The summed E-state index contributed by atoms with van der Waals surface area (Å²) in [7, 11) is 0. The van der Waals surface area contributed by atoms with Crippen molar-refractivity contribution < 1.29 is 4.79 Å². The molecule has 1 amide bonds. The Kier molecular flexibility index (Phi) is 8.30. The van der Waals surface area contributed by atoms with E-state index in [0.717, 1.165) is 13.0 Å². The summed E-state index contributed by atoms with van der Waals surface area (Å²) in [6.45, 7) is 5.18. The first kappa shape index (κ1) is 12.8. The van der Waals surface area contributed by atoms with Gasteiger partial charge in [0.15, 0.2) is 0 Å². The number of rotatable bonds is 7. The molecule has 0 aliphatic rings. The van der Waals surface area contributed by atoms with Crippen molar-refractivity contribution in [3.63, 3.8) is 0 Å². The number of thiol groups is 1. The average molecular weight is 203 g/mol. The Balaban J connectivity index is 3.52. The molecule has 1 unspecified atom stereocenters. The van der Waals surface area contributed by atoms with Gasteiger partial charge in [-0.15, -0.1) is 0 Å². The second-order valence-electron chi connectivity index (χ2n) is 3.38. The Morgan fingerprint density at radius 2 is 2.15 bits per heavy atom. The van der Waals surface area contributed by atoms with Gasteiger partial charge in [0.25, 0.3) is 0 Å². The number of carbonyl (C=O) groups is 1. The number of unbranched alkanes of at least 4 members (excludes halogenated alkanes) is 1. The summed E-state index contributed by atoms with van der Waals surface area (Å²) in [4.78, 5) is 10.9. The Hall–Kier alpha value is -0.180. The molecule has 0 fully saturated rings. The molecule has 0 heterocycles. The van der Waals surface area contributed by atoms with Gasteiger partial charge in [-0.05, 0) is 12.3 Å². The van der Waals surface area contributed by atoms with Crippen LogP contribution in [-0.4, -0.2) is 18.2 Å². The van der Waals surface area contributed by atoms with E-state index in [4.69, 9.17) is 0 Å². The van der Waals surface area contributed by atoms with Crippen LogP contribution in [0, 0.1) is 5.92 Å². The fourth-order valence-corrected chi connectivity index (χ4v) is 1.37. The fraction of sp³-hybridized carbons (Fsp3) is 0.900. The molecule has 0 aromatic carbocycles. The van der Waals surface area contributed by atoms with Crippen LogP contribution in [0.15, 0.2) is 0 Å². The van der Waals surface area contributed by atoms with Gasteiger partial charge < -0.3 is 5.32 Å². The van der Waals surface area contributed by atoms with Gasteiger partial charge in [0.1, 0.15) is 0 Å². The van der Waals surface area contributed by atoms with Crippen molar-refractivity contribution in [3.05, 3.63) is 0 Å². The van der Waals surface area contributed by atoms with Crippen LogP contribution < -0.4 is 5.32 Å². The predicted octanol–water partition coefficient (Wildman–Crippen LogP) is 2.25. The number of hydrogen-bond acceptors (Lipinski definition) is 2. The van der Waals surface area contributed by atoms with Crippen molar-refractivity contribution in [2.75, 3.05) is 12.3 Å². The quantitative estimate of drug-likeness (QED) is 0.611. The molecule has 0 spiro atoms. The molecular formula is C10H21NOS. The predicted molar refractivity (Wildman–Crippen MR) is 60.2 cm³/mol. The van der Waals surface area contributed by atoms with Gasteiger partial charge in [-0.25, -0.2) is 0 Å². The van der Waals surface area contributed by atoms with Crippen molar-refractivity contribution in [2.45, 2.75) is 39.5 Å². The average Bonchev–Trinajstić information content (AvgIpc) is 2.17. The summed E-state index contributed by atoms with van der Waals surface area (Å²) in [5, 5.41) is 2.88. The highest BCUT2D eigenvalue weighted by atomic mass is 32.1. The van der Waals surface area contributed by atoms with E-state index in [1.165, 1.54) is 19.3 Å². The number of nitrogens with one attached hydrogen (secondary N) is 1. The first-order chi connectivity index (χ1) is 6.24. The molecule has 0 radical (unpaired) electrons. The SMILES string of the molecule is CCCCC(CC)CNC(=O)CS. The maximum absolute atomic E-state index is 10.9. The first-order valence-corrected chi connectivity index (χ1v) is 5.75. The summed E-state index contributed by atoms with van der Waals surface area (Å²) >= 11 is 3.91. The molecule has 0 aromatic heterocycles. The monoisotopic (exact) mass is 203 g/mol. The van der Waals surface area contributed by atoms with Crippen molar-refractivity contribution in [3.8, 4) is 0 Å². The van der Waals surface area contributed by atoms with Gasteiger partial charge in [-0.3, -0.25) is 4.79 Å². The molecule has 0 aromatic rings. The third-order valence-electron chi connectivity index (χ3n) is 2.27. The minimum atomic E-state index is 0.0401. The molecule has 0 saturated carbocycles. The van der Waals surface area contributed by atoms with Crippen LogP contribution in [0.5, 0.6) is 0 Å². The maximum Gasteiger partial charge on any atom is 0.229 e. The van der Waals surface area contributed by atoms with Crippen molar-refractivity contribution >= 4 is 18.5 Å². The van der Waals surface area contributed by atoms with Gasteiger partial charge in [0, 0.05) is 6.54 Å². The number of hydrogen-bond donors (Lipinski definition) is 2. The molecule has 0 aliphatic heterocycles. The highest BCUT2D eigenvalue weighted by molar-refractivity contribution is 7.81. The zero-order chi connectivity index (χ0) is 10.1. The van der Waals surface area contributed by atoms with Crippen LogP contribution in [0.1, 0.15) is 39.5 Å². The van der Waals surface area contributed by atoms with Crippen LogP contribution >= 0.6 is 12.6 Å². The van der Waals surface area contributed by atoms with E-state index in [-0.39, 0.29) is 5.91 Å². The molecule has 0 bridgehead atoms. The second-order valence-corrected chi connectivity index (χ2v) is 3.69. The van der Waals surface area contributed by atoms with Gasteiger partial charge in [0.2, 0.25) is 5.91 Å². The highest BCUT2D eigenvalue weighted by Crippen LogP contribution is 2.10. The largest absolute Gasteiger partial charge is 0.355 e. The highest BCUT2D eigenvalue weighted by Gasteiger charge is 2.06. The van der Waals surface area contributed by atoms with E-state index >= 15 is 0 Å². The van der Waals surface area contributed by atoms with E-state index in [9.17, 15) is 4.79 Å². The summed E-state index contributed by atoms with van der Waals surface area (Å²) in [6.07, 6.45) is 4.86. The smallest absolute Gasteiger partial charge is 0.229 e. The van der Waals surface area contributed by atoms with Gasteiger partial charge in [0.05, 0.1) is 5.75 Å². The topological polar surface area (TPSA) is 29.1 Å². The van der Waals surface area contributed by atoms with Crippen LogP contribution in [0.3, 0.4) is 0 Å². The van der Waals surface area contributed by atoms with E-state index in [1.54, 1.807) is 0 Å². The fourth-order valence-electron chi connectivity index (χ4n) is 1.26. The van der Waals surface area contributed by atoms with Crippen LogP contribution in [0.2, 0.25) is 0 Å². The number of carbonyl (C=O) groups excluding carboxylic acids is 1. The summed E-state index contributed by atoms with van der Waals surface area (Å²) < 4.78 is 0. The molecule has 0 aliphatic carbocycles. The maximum atomic E-state index is 10.9. The zero-order valence-corrected chi connectivity index (χ0v) is 9.57. The van der Waals surface area contributed by atoms with Gasteiger partial charge >= 0.3 is 0 Å². The molecule has 0 rings (SSSR count). The molecule has 1 atom stereocenters. The lowest BCUT2D eigenvalue weighted by Gasteiger charge is -2.14. The molecule has 2 nitrogen and oxygen atoms in total. The zero-order valence-electron chi connectivity index (χ0n) is 8.68. The minimum absolute atomic E-state index is 0.0401. The third kappa shape index (κ3) is 6.94. The molecule has 78 valence electrons. The summed E-state index contributed by atoms with van der Waals surface area (Å²) in [5.74, 6) is 0.978. The molecule has 0 saturated heterocycles. The Morgan fingerprint density at radius 1 is 1.46 bits per heavy atom. The van der Waals surface area contributed by atoms with E-state index in [0.29, 0.717) is 11.7 Å². The Labute approximate surface area is 86.9 Å². The first-order valence-electron chi connectivity index (χ1n) is 5.12. The molecule has 13 heavy (non-hydrogen) atoms. The van der Waals surface area contributed by atoms with E-state index in [1.807, 2.05) is 0 Å². The van der Waals surface area contributed by atoms with Crippen molar-refractivity contribution in [1.82, 2.24) is 5.32 Å². The second kappa shape index (κ2) is 8.42. The van der Waals surface area contributed by atoms with E-state index < -0.39 is 0 Å². The third-order valence-corrected chi connectivity index (χ3v) is 2.56. The van der Waals surface area contributed by atoms with Crippen molar-refractivity contribution in [2.24, 2.45) is 5.92 Å². The van der Waals surface area contributed by atoms with Crippen molar-refractivity contribution in [1.29, 1.82) is 0 Å². The van der Waals surface area contributed by atoms with Crippen LogP contribution in [0.4, 0.5) is 0 Å². The molecule has 3 heteroatoms. The standard InChI is InChI=1S/C10H21NOS/c1-3-5-6-9(4-2)7-11-10(12)8-13/h9,13H,3-8H2,1-2H3,(H,11,12). The normalized spacial score (nSPS) is 12.5. The Morgan fingerprint density at radius 3 is 2.62 bits per heavy atom.